The average Bonchev–Trinajstić information content (AvgIpc) is 2.89. The molecule has 1 saturated heterocycles. The van der Waals surface area contributed by atoms with Gasteiger partial charge in [0.05, 0.1) is 11.5 Å². The highest BCUT2D eigenvalue weighted by atomic mass is 32.2. The number of rotatable bonds is 5. The molecule has 0 aliphatic carbocycles. The first-order valence-corrected chi connectivity index (χ1v) is 7.94. The Morgan fingerprint density at radius 2 is 2.32 bits per heavy atom. The van der Waals surface area contributed by atoms with Crippen molar-refractivity contribution in [3.05, 3.63) is 29.8 Å². The molecular formula is C13H20N2O3S. The lowest BCUT2D eigenvalue weighted by atomic mass is 10.0. The van der Waals surface area contributed by atoms with E-state index in [9.17, 15) is 8.42 Å². The van der Waals surface area contributed by atoms with Crippen molar-refractivity contribution in [3.63, 3.8) is 0 Å². The molecule has 0 amide bonds. The molecule has 1 aromatic rings. The third-order valence-electron chi connectivity index (χ3n) is 3.53. The maximum absolute atomic E-state index is 11.3. The van der Waals surface area contributed by atoms with Gasteiger partial charge in [0.2, 0.25) is 10.0 Å². The van der Waals surface area contributed by atoms with Crippen molar-refractivity contribution in [3.8, 4) is 0 Å². The molecule has 2 rings (SSSR count). The third-order valence-corrected chi connectivity index (χ3v) is 4.44. The van der Waals surface area contributed by atoms with E-state index in [2.05, 4.69) is 12.2 Å². The first-order valence-electron chi connectivity index (χ1n) is 6.39. The van der Waals surface area contributed by atoms with Crippen LogP contribution in [0.2, 0.25) is 0 Å². The molecule has 0 aromatic heterocycles. The highest BCUT2D eigenvalue weighted by molar-refractivity contribution is 7.89. The van der Waals surface area contributed by atoms with E-state index in [1.807, 2.05) is 6.07 Å². The van der Waals surface area contributed by atoms with Gasteiger partial charge in [0, 0.05) is 19.2 Å². The topological polar surface area (TPSA) is 81.4 Å². The van der Waals surface area contributed by atoms with Crippen LogP contribution in [0.1, 0.15) is 18.9 Å². The van der Waals surface area contributed by atoms with Crippen LogP contribution in [0.15, 0.2) is 29.2 Å². The second kappa shape index (κ2) is 6.00. The number of primary sulfonamides is 1. The number of nitrogens with two attached hydrogens (primary N) is 1. The van der Waals surface area contributed by atoms with E-state index in [0.29, 0.717) is 18.5 Å². The van der Waals surface area contributed by atoms with Crippen LogP contribution in [0.25, 0.3) is 0 Å². The molecule has 19 heavy (non-hydrogen) atoms. The fourth-order valence-corrected chi connectivity index (χ4v) is 2.81. The van der Waals surface area contributed by atoms with E-state index in [-0.39, 0.29) is 4.90 Å². The summed E-state index contributed by atoms with van der Waals surface area (Å²) in [6, 6.07) is 7.06. The molecule has 2 unspecified atom stereocenters. The molecule has 1 aliphatic heterocycles. The first kappa shape index (κ1) is 14.5. The summed E-state index contributed by atoms with van der Waals surface area (Å²) in [6.07, 6.45) is 1.07. The minimum Gasteiger partial charge on any atom is -0.381 e. The van der Waals surface area contributed by atoms with E-state index in [4.69, 9.17) is 9.88 Å². The highest BCUT2D eigenvalue weighted by Crippen LogP contribution is 2.17. The maximum Gasteiger partial charge on any atom is 0.238 e. The van der Waals surface area contributed by atoms with Gasteiger partial charge >= 0.3 is 0 Å². The fraction of sp³-hybridized carbons (Fsp3) is 0.538. The number of benzene rings is 1. The Kier molecular flexibility index (Phi) is 4.57. The zero-order valence-electron chi connectivity index (χ0n) is 11.0. The van der Waals surface area contributed by atoms with Gasteiger partial charge < -0.3 is 10.1 Å². The minimum absolute atomic E-state index is 0.156. The van der Waals surface area contributed by atoms with Crippen LogP contribution in [0, 0.1) is 5.92 Å². The van der Waals surface area contributed by atoms with Crippen molar-refractivity contribution in [2.45, 2.75) is 30.8 Å². The van der Waals surface area contributed by atoms with E-state index < -0.39 is 10.0 Å². The number of ether oxygens (including phenoxy) is 1. The Hall–Kier alpha value is -0.950. The lowest BCUT2D eigenvalue weighted by molar-refractivity contribution is 0.178. The summed E-state index contributed by atoms with van der Waals surface area (Å²) >= 11 is 0. The molecule has 106 valence electrons. The summed E-state index contributed by atoms with van der Waals surface area (Å²) in [5.74, 6) is 0.529. The van der Waals surface area contributed by atoms with Crippen molar-refractivity contribution in [1.82, 2.24) is 5.32 Å². The van der Waals surface area contributed by atoms with Gasteiger partial charge in [-0.1, -0.05) is 12.1 Å². The van der Waals surface area contributed by atoms with Crippen molar-refractivity contribution in [1.29, 1.82) is 0 Å². The van der Waals surface area contributed by atoms with Crippen molar-refractivity contribution < 1.29 is 13.2 Å². The van der Waals surface area contributed by atoms with Crippen LogP contribution >= 0.6 is 0 Å². The quantitative estimate of drug-likeness (QED) is 0.840. The zero-order valence-corrected chi connectivity index (χ0v) is 11.8. The summed E-state index contributed by atoms with van der Waals surface area (Å²) in [5, 5.41) is 8.52. The maximum atomic E-state index is 11.3. The Labute approximate surface area is 114 Å². The van der Waals surface area contributed by atoms with Crippen molar-refractivity contribution >= 4 is 10.0 Å². The van der Waals surface area contributed by atoms with Gasteiger partial charge in [-0.2, -0.15) is 0 Å². The van der Waals surface area contributed by atoms with Crippen LogP contribution in [-0.2, 0) is 21.3 Å². The molecule has 3 N–H and O–H groups in total. The number of sulfonamides is 1. The molecule has 5 nitrogen and oxygen atoms in total. The minimum atomic E-state index is -3.63. The van der Waals surface area contributed by atoms with Gasteiger partial charge in [-0.25, -0.2) is 13.6 Å². The number of hydrogen-bond acceptors (Lipinski definition) is 4. The normalized spacial score (nSPS) is 21.5. The molecule has 1 fully saturated rings. The number of nitrogens with one attached hydrogen (secondary N) is 1. The summed E-state index contributed by atoms with van der Waals surface area (Å²) in [4.78, 5) is 0.156. The van der Waals surface area contributed by atoms with Crippen molar-refractivity contribution in [2.24, 2.45) is 11.1 Å². The molecule has 1 aromatic carbocycles. The second-order valence-corrected chi connectivity index (χ2v) is 6.55. The van der Waals surface area contributed by atoms with E-state index in [1.165, 1.54) is 6.07 Å². The summed E-state index contributed by atoms with van der Waals surface area (Å²) in [5.41, 5.74) is 0.914. The van der Waals surface area contributed by atoms with Crippen LogP contribution in [0.5, 0.6) is 0 Å². The van der Waals surface area contributed by atoms with E-state index in [0.717, 1.165) is 25.2 Å². The number of hydrogen-bond donors (Lipinski definition) is 2. The lowest BCUT2D eigenvalue weighted by Gasteiger charge is -2.19. The predicted octanol–water partition coefficient (Wildman–Crippen LogP) is 0.849. The molecule has 2 atom stereocenters. The van der Waals surface area contributed by atoms with Gasteiger partial charge in [-0.05, 0) is 37.0 Å². The van der Waals surface area contributed by atoms with Gasteiger partial charge in [0.15, 0.2) is 0 Å². The largest absolute Gasteiger partial charge is 0.381 e. The summed E-state index contributed by atoms with van der Waals surface area (Å²) in [6.45, 7) is 4.38. The Morgan fingerprint density at radius 1 is 1.53 bits per heavy atom. The second-order valence-electron chi connectivity index (χ2n) is 4.99. The molecule has 1 aliphatic rings. The molecule has 1 heterocycles. The summed E-state index contributed by atoms with van der Waals surface area (Å²) < 4.78 is 27.9. The standard InChI is InChI=1S/C13H20N2O3S/c1-10(12-5-6-18-9-12)15-8-11-3-2-4-13(7-11)19(14,16)17/h2-4,7,10,12,15H,5-6,8-9H2,1H3,(H2,14,16,17). The fourth-order valence-electron chi connectivity index (χ4n) is 2.23. The van der Waals surface area contributed by atoms with Crippen molar-refractivity contribution in [2.75, 3.05) is 13.2 Å². The highest BCUT2D eigenvalue weighted by Gasteiger charge is 2.21. The first-order chi connectivity index (χ1) is 8.97. The molecule has 6 heteroatoms. The van der Waals surface area contributed by atoms with E-state index >= 15 is 0 Å². The SMILES string of the molecule is CC(NCc1cccc(S(N)(=O)=O)c1)C1CCOC1. The monoisotopic (exact) mass is 284 g/mol. The van der Waals surface area contributed by atoms with Gasteiger partial charge in [0.1, 0.15) is 0 Å². The third kappa shape index (κ3) is 4.01. The summed E-state index contributed by atoms with van der Waals surface area (Å²) in [7, 11) is -3.63. The average molecular weight is 284 g/mol. The van der Waals surface area contributed by atoms with Gasteiger partial charge in [-0.3, -0.25) is 0 Å². The molecule has 0 radical (unpaired) electrons. The Bertz CT molecular complexity index is 524. The van der Waals surface area contributed by atoms with Crippen LogP contribution in [0.3, 0.4) is 0 Å². The van der Waals surface area contributed by atoms with Crippen LogP contribution in [0.4, 0.5) is 0 Å². The molecular weight excluding hydrogens is 264 g/mol. The molecule has 0 saturated carbocycles. The van der Waals surface area contributed by atoms with Gasteiger partial charge in [0.25, 0.3) is 0 Å². The van der Waals surface area contributed by atoms with Gasteiger partial charge in [-0.15, -0.1) is 0 Å². The smallest absolute Gasteiger partial charge is 0.238 e. The van der Waals surface area contributed by atoms with E-state index in [1.54, 1.807) is 12.1 Å². The molecule has 0 spiro atoms. The van der Waals surface area contributed by atoms with Crippen LogP contribution < -0.4 is 10.5 Å². The Morgan fingerprint density at radius 3 is 2.95 bits per heavy atom. The Balaban J connectivity index is 1.96. The lowest BCUT2D eigenvalue weighted by Crippen LogP contribution is -2.33. The zero-order chi connectivity index (χ0) is 13.9. The predicted molar refractivity (Wildman–Crippen MR) is 73.0 cm³/mol. The van der Waals surface area contributed by atoms with Crippen LogP contribution in [-0.4, -0.2) is 27.7 Å². The molecule has 0 bridgehead atoms.